The zero-order chi connectivity index (χ0) is 14.0. The lowest BCUT2D eigenvalue weighted by molar-refractivity contribution is 0.0993. The van der Waals surface area contributed by atoms with Crippen molar-refractivity contribution in [1.29, 1.82) is 0 Å². The summed E-state index contributed by atoms with van der Waals surface area (Å²) >= 11 is 17.6. The van der Waals surface area contributed by atoms with Gasteiger partial charge in [-0.25, -0.2) is 4.39 Å². The van der Waals surface area contributed by atoms with Crippen LogP contribution in [0.2, 0.25) is 15.1 Å². The molecule has 0 saturated carbocycles. The predicted octanol–water partition coefficient (Wildman–Crippen LogP) is 5.21. The molecule has 0 fully saturated rings. The molecule has 0 aliphatic rings. The Balaban J connectivity index is 2.31. The smallest absolute Gasteiger partial charge is 0.168 e. The lowest BCUT2D eigenvalue weighted by atomic mass is 10.0. The SMILES string of the molecule is O=C(Cc1cccc(F)c1Cl)c1cccc(Cl)c1Cl. The number of hydrogen-bond donors (Lipinski definition) is 0. The Morgan fingerprint density at radius 3 is 2.42 bits per heavy atom. The van der Waals surface area contributed by atoms with Crippen LogP contribution < -0.4 is 0 Å². The molecule has 0 aliphatic carbocycles. The van der Waals surface area contributed by atoms with Crippen LogP contribution in [-0.2, 0) is 6.42 Å². The van der Waals surface area contributed by atoms with Crippen molar-refractivity contribution in [1.82, 2.24) is 0 Å². The van der Waals surface area contributed by atoms with E-state index in [1.165, 1.54) is 12.1 Å². The largest absolute Gasteiger partial charge is 0.294 e. The number of rotatable bonds is 3. The van der Waals surface area contributed by atoms with E-state index >= 15 is 0 Å². The van der Waals surface area contributed by atoms with E-state index in [2.05, 4.69) is 0 Å². The van der Waals surface area contributed by atoms with Crippen molar-refractivity contribution in [2.24, 2.45) is 0 Å². The van der Waals surface area contributed by atoms with Gasteiger partial charge in [-0.05, 0) is 23.8 Å². The van der Waals surface area contributed by atoms with E-state index in [0.29, 0.717) is 16.1 Å². The molecule has 0 N–H and O–H groups in total. The van der Waals surface area contributed by atoms with Gasteiger partial charge in [0, 0.05) is 12.0 Å². The standard InChI is InChI=1S/C14H8Cl3FO/c15-10-5-2-4-9(14(10)17)12(19)7-8-3-1-6-11(18)13(8)16/h1-6H,7H2. The van der Waals surface area contributed by atoms with Crippen LogP contribution in [0.25, 0.3) is 0 Å². The topological polar surface area (TPSA) is 17.1 Å². The van der Waals surface area contributed by atoms with Gasteiger partial charge in [-0.15, -0.1) is 0 Å². The summed E-state index contributed by atoms with van der Waals surface area (Å²) in [7, 11) is 0. The van der Waals surface area contributed by atoms with E-state index in [4.69, 9.17) is 34.8 Å². The highest BCUT2D eigenvalue weighted by molar-refractivity contribution is 6.44. The van der Waals surface area contributed by atoms with E-state index < -0.39 is 5.82 Å². The second-order valence-corrected chi connectivity index (χ2v) is 5.08. The van der Waals surface area contributed by atoms with Crippen molar-refractivity contribution in [3.05, 3.63) is 68.4 Å². The van der Waals surface area contributed by atoms with Gasteiger partial charge < -0.3 is 0 Å². The Bertz CT molecular complexity index is 641. The molecule has 1 nitrogen and oxygen atoms in total. The zero-order valence-electron chi connectivity index (χ0n) is 9.59. The molecule has 0 heterocycles. The molecule has 98 valence electrons. The van der Waals surface area contributed by atoms with Crippen LogP contribution in [0.5, 0.6) is 0 Å². The summed E-state index contributed by atoms with van der Waals surface area (Å²) in [5, 5.41) is 0.452. The summed E-state index contributed by atoms with van der Waals surface area (Å²) in [5.74, 6) is -0.816. The fourth-order valence-corrected chi connectivity index (χ4v) is 2.27. The number of Topliss-reactive ketones (excluding diaryl/α,β-unsaturated/α-hetero) is 1. The molecule has 19 heavy (non-hydrogen) atoms. The number of halogens is 4. The lowest BCUT2D eigenvalue weighted by Crippen LogP contribution is -2.05. The van der Waals surface area contributed by atoms with Crippen molar-refractivity contribution in [2.75, 3.05) is 0 Å². The van der Waals surface area contributed by atoms with Crippen LogP contribution in [0.1, 0.15) is 15.9 Å². The first-order valence-corrected chi connectivity index (χ1v) is 6.54. The van der Waals surface area contributed by atoms with E-state index in [1.807, 2.05) is 0 Å². The fourth-order valence-electron chi connectivity index (χ4n) is 1.67. The van der Waals surface area contributed by atoms with Gasteiger partial charge >= 0.3 is 0 Å². The Labute approximate surface area is 124 Å². The monoisotopic (exact) mass is 316 g/mol. The molecule has 0 atom stereocenters. The van der Waals surface area contributed by atoms with Crippen LogP contribution in [0, 0.1) is 5.82 Å². The summed E-state index contributed by atoms with van der Waals surface area (Å²) in [6.07, 6.45) is -0.0311. The summed E-state index contributed by atoms with van der Waals surface area (Å²) in [6.45, 7) is 0. The maximum Gasteiger partial charge on any atom is 0.168 e. The van der Waals surface area contributed by atoms with Gasteiger partial charge in [0.25, 0.3) is 0 Å². The van der Waals surface area contributed by atoms with Crippen molar-refractivity contribution in [2.45, 2.75) is 6.42 Å². The lowest BCUT2D eigenvalue weighted by Gasteiger charge is -2.07. The number of ketones is 1. The summed E-state index contributed by atoms with van der Waals surface area (Å²) < 4.78 is 13.3. The third kappa shape index (κ3) is 3.08. The maximum atomic E-state index is 13.3. The van der Waals surface area contributed by atoms with Crippen LogP contribution in [-0.4, -0.2) is 5.78 Å². The number of carbonyl (C=O) groups excluding carboxylic acids is 1. The number of benzene rings is 2. The average molecular weight is 318 g/mol. The van der Waals surface area contributed by atoms with Crippen LogP contribution >= 0.6 is 34.8 Å². The second-order valence-electron chi connectivity index (χ2n) is 3.91. The number of hydrogen-bond acceptors (Lipinski definition) is 1. The second kappa shape index (κ2) is 5.91. The van der Waals surface area contributed by atoms with Crippen LogP contribution in [0.3, 0.4) is 0 Å². The van der Waals surface area contributed by atoms with E-state index in [-0.39, 0.29) is 22.2 Å². The summed E-state index contributed by atoms with van der Waals surface area (Å²) in [4.78, 5) is 12.1. The highest BCUT2D eigenvalue weighted by atomic mass is 35.5. The normalized spacial score (nSPS) is 10.5. The molecule has 0 bridgehead atoms. The Morgan fingerprint density at radius 1 is 1.00 bits per heavy atom. The van der Waals surface area contributed by atoms with Gasteiger partial charge in [0.05, 0.1) is 15.1 Å². The summed E-state index contributed by atoms with van der Waals surface area (Å²) in [5.41, 5.74) is 0.720. The molecule has 0 saturated heterocycles. The van der Waals surface area contributed by atoms with Gasteiger partial charge in [-0.3, -0.25) is 4.79 Å². The van der Waals surface area contributed by atoms with Crippen molar-refractivity contribution >= 4 is 40.6 Å². The van der Waals surface area contributed by atoms with Gasteiger partial charge in [0.15, 0.2) is 5.78 Å². The molecule has 0 unspecified atom stereocenters. The third-order valence-corrected chi connectivity index (χ3v) is 3.88. The molecule has 2 aromatic carbocycles. The molecular formula is C14H8Cl3FO. The quantitative estimate of drug-likeness (QED) is 0.710. The molecular weight excluding hydrogens is 310 g/mol. The molecule has 0 amide bonds. The molecule has 5 heteroatoms. The molecule has 0 aromatic heterocycles. The predicted molar refractivity (Wildman–Crippen MR) is 75.9 cm³/mol. The van der Waals surface area contributed by atoms with Gasteiger partial charge in [0.1, 0.15) is 5.82 Å². The summed E-state index contributed by atoms with van der Waals surface area (Å²) in [6, 6.07) is 9.14. The van der Waals surface area contributed by atoms with E-state index in [1.54, 1.807) is 24.3 Å². The highest BCUT2D eigenvalue weighted by Crippen LogP contribution is 2.28. The minimum atomic E-state index is -0.552. The van der Waals surface area contributed by atoms with Crippen molar-refractivity contribution < 1.29 is 9.18 Å². The van der Waals surface area contributed by atoms with Crippen molar-refractivity contribution in [3.63, 3.8) is 0 Å². The Hall–Kier alpha value is -1.09. The number of carbonyl (C=O) groups is 1. The first kappa shape index (κ1) is 14.3. The van der Waals surface area contributed by atoms with Gasteiger partial charge in [-0.1, -0.05) is 53.0 Å². The van der Waals surface area contributed by atoms with Crippen molar-refractivity contribution in [3.8, 4) is 0 Å². The minimum Gasteiger partial charge on any atom is -0.294 e. The molecule has 2 rings (SSSR count). The first-order chi connectivity index (χ1) is 9.00. The van der Waals surface area contributed by atoms with E-state index in [0.717, 1.165) is 0 Å². The van der Waals surface area contributed by atoms with E-state index in [9.17, 15) is 9.18 Å². The van der Waals surface area contributed by atoms with Gasteiger partial charge in [-0.2, -0.15) is 0 Å². The molecule has 0 spiro atoms. The third-order valence-electron chi connectivity index (χ3n) is 2.63. The highest BCUT2D eigenvalue weighted by Gasteiger charge is 2.15. The molecule has 0 aliphatic heterocycles. The van der Waals surface area contributed by atoms with Crippen LogP contribution in [0.4, 0.5) is 4.39 Å². The Morgan fingerprint density at radius 2 is 1.68 bits per heavy atom. The Kier molecular flexibility index (Phi) is 4.46. The maximum absolute atomic E-state index is 13.3. The van der Waals surface area contributed by atoms with Gasteiger partial charge in [0.2, 0.25) is 0 Å². The fraction of sp³-hybridized carbons (Fsp3) is 0.0714. The average Bonchev–Trinajstić information content (AvgIpc) is 2.38. The minimum absolute atomic E-state index is 0.0311. The first-order valence-electron chi connectivity index (χ1n) is 5.41. The zero-order valence-corrected chi connectivity index (χ0v) is 11.9. The molecule has 2 aromatic rings. The van der Waals surface area contributed by atoms with Crippen LogP contribution in [0.15, 0.2) is 36.4 Å². The molecule has 0 radical (unpaired) electrons.